The molecule has 0 saturated carbocycles. The van der Waals surface area contributed by atoms with Crippen molar-refractivity contribution < 1.29 is 14.3 Å². The van der Waals surface area contributed by atoms with Crippen molar-refractivity contribution in [2.24, 2.45) is 0 Å². The number of carbonyl (C=O) groups is 2. The molecule has 0 N–H and O–H groups in total. The fraction of sp³-hybridized carbons (Fsp3) is 0.0500. The van der Waals surface area contributed by atoms with Gasteiger partial charge in [-0.3, -0.25) is 14.6 Å². The van der Waals surface area contributed by atoms with E-state index in [0.717, 1.165) is 0 Å². The number of rotatable bonds is 3. The summed E-state index contributed by atoms with van der Waals surface area (Å²) in [5.41, 5.74) is 2.64. The van der Waals surface area contributed by atoms with Crippen LogP contribution in [0.4, 0.5) is 5.69 Å². The molecule has 0 atom stereocenters. The Morgan fingerprint density at radius 2 is 1.52 bits per heavy atom. The molecular formula is C20H14N2O3. The fourth-order valence-electron chi connectivity index (χ4n) is 2.97. The SMILES string of the molecule is COc1ccc(-c2ccccn2)c(N2C(=O)c3ccccc3C2=O)c1. The summed E-state index contributed by atoms with van der Waals surface area (Å²) >= 11 is 0. The normalized spacial score (nSPS) is 13.1. The van der Waals surface area contributed by atoms with Gasteiger partial charge in [0.05, 0.1) is 29.6 Å². The maximum absolute atomic E-state index is 12.8. The van der Waals surface area contributed by atoms with Crippen LogP contribution in [0, 0.1) is 0 Å². The van der Waals surface area contributed by atoms with E-state index in [4.69, 9.17) is 4.74 Å². The minimum atomic E-state index is -0.342. The first kappa shape index (κ1) is 15.1. The topological polar surface area (TPSA) is 59.5 Å². The molecule has 0 fully saturated rings. The molecule has 4 rings (SSSR count). The van der Waals surface area contributed by atoms with Gasteiger partial charge in [0.15, 0.2) is 0 Å². The standard InChI is InChI=1S/C20H14N2O3/c1-25-13-9-10-16(17-8-4-5-11-21-17)18(12-13)22-19(23)14-6-2-3-7-15(14)20(22)24/h2-12H,1H3. The Labute approximate surface area is 144 Å². The highest BCUT2D eigenvalue weighted by Crippen LogP contribution is 2.37. The molecule has 2 amide bonds. The third-order valence-corrected chi connectivity index (χ3v) is 4.18. The van der Waals surface area contributed by atoms with Crippen LogP contribution in [0.15, 0.2) is 66.9 Å². The van der Waals surface area contributed by atoms with E-state index in [2.05, 4.69) is 4.98 Å². The van der Waals surface area contributed by atoms with Crippen molar-refractivity contribution in [3.63, 3.8) is 0 Å². The zero-order valence-electron chi connectivity index (χ0n) is 13.5. The number of fused-ring (bicyclic) bond motifs is 1. The van der Waals surface area contributed by atoms with Crippen LogP contribution in [0.2, 0.25) is 0 Å². The van der Waals surface area contributed by atoms with Crippen molar-refractivity contribution in [2.45, 2.75) is 0 Å². The Balaban J connectivity index is 1.91. The highest BCUT2D eigenvalue weighted by molar-refractivity contribution is 6.35. The lowest BCUT2D eigenvalue weighted by Crippen LogP contribution is -2.30. The van der Waals surface area contributed by atoms with Gasteiger partial charge in [-0.15, -0.1) is 0 Å². The van der Waals surface area contributed by atoms with Crippen LogP contribution in [-0.2, 0) is 0 Å². The van der Waals surface area contributed by atoms with Crippen molar-refractivity contribution >= 4 is 17.5 Å². The minimum absolute atomic E-state index is 0.342. The second-order valence-electron chi connectivity index (χ2n) is 5.59. The number of nitrogens with zero attached hydrogens (tertiary/aromatic N) is 2. The second-order valence-corrected chi connectivity index (χ2v) is 5.59. The zero-order valence-corrected chi connectivity index (χ0v) is 13.5. The van der Waals surface area contributed by atoms with Gasteiger partial charge in [-0.2, -0.15) is 0 Å². The number of hydrogen-bond donors (Lipinski definition) is 0. The summed E-state index contributed by atoms with van der Waals surface area (Å²) < 4.78 is 5.28. The van der Waals surface area contributed by atoms with Gasteiger partial charge in [0.2, 0.25) is 0 Å². The van der Waals surface area contributed by atoms with E-state index in [0.29, 0.717) is 33.8 Å². The molecule has 0 unspecified atom stereocenters. The Kier molecular flexibility index (Phi) is 3.54. The number of carbonyl (C=O) groups excluding carboxylic acids is 2. The zero-order chi connectivity index (χ0) is 17.4. The third kappa shape index (κ3) is 2.37. The maximum atomic E-state index is 12.8. The van der Waals surface area contributed by atoms with E-state index < -0.39 is 0 Å². The number of aromatic nitrogens is 1. The number of anilines is 1. The van der Waals surface area contributed by atoms with E-state index in [1.54, 1.807) is 55.8 Å². The van der Waals surface area contributed by atoms with Gasteiger partial charge < -0.3 is 4.74 Å². The molecule has 1 aliphatic rings. The van der Waals surface area contributed by atoms with Gasteiger partial charge in [-0.1, -0.05) is 18.2 Å². The predicted octanol–water partition coefficient (Wildman–Crippen LogP) is 3.56. The lowest BCUT2D eigenvalue weighted by atomic mass is 10.1. The average Bonchev–Trinajstić information content (AvgIpc) is 2.93. The van der Waals surface area contributed by atoms with Crippen LogP contribution in [0.1, 0.15) is 20.7 Å². The number of hydrogen-bond acceptors (Lipinski definition) is 4. The Morgan fingerprint density at radius 1 is 0.840 bits per heavy atom. The van der Waals surface area contributed by atoms with Gasteiger partial charge in [-0.25, -0.2) is 4.90 Å². The lowest BCUT2D eigenvalue weighted by molar-refractivity contribution is 0.0926. The molecular weight excluding hydrogens is 316 g/mol. The molecule has 0 saturated heterocycles. The van der Waals surface area contributed by atoms with Gasteiger partial charge in [0, 0.05) is 17.8 Å². The quantitative estimate of drug-likeness (QED) is 0.689. The Bertz CT molecular complexity index is 948. The summed E-state index contributed by atoms with van der Waals surface area (Å²) in [6.45, 7) is 0. The molecule has 2 aromatic carbocycles. The summed E-state index contributed by atoms with van der Waals surface area (Å²) in [4.78, 5) is 31.2. The van der Waals surface area contributed by atoms with Crippen molar-refractivity contribution in [2.75, 3.05) is 12.0 Å². The number of pyridine rings is 1. The molecule has 3 aromatic rings. The first-order chi connectivity index (χ1) is 12.2. The largest absolute Gasteiger partial charge is 0.497 e. The van der Waals surface area contributed by atoms with Crippen molar-refractivity contribution in [1.29, 1.82) is 0 Å². The minimum Gasteiger partial charge on any atom is -0.497 e. The van der Waals surface area contributed by atoms with Crippen molar-refractivity contribution in [3.05, 3.63) is 78.0 Å². The second kappa shape index (κ2) is 5.87. The number of benzene rings is 2. The average molecular weight is 330 g/mol. The molecule has 122 valence electrons. The van der Waals surface area contributed by atoms with Crippen LogP contribution >= 0.6 is 0 Å². The summed E-state index contributed by atoms with van der Waals surface area (Å²) in [5, 5.41) is 0. The number of ether oxygens (including phenoxy) is 1. The van der Waals surface area contributed by atoms with Crippen LogP contribution in [0.3, 0.4) is 0 Å². The van der Waals surface area contributed by atoms with Gasteiger partial charge in [0.25, 0.3) is 11.8 Å². The van der Waals surface area contributed by atoms with E-state index in [1.165, 1.54) is 4.90 Å². The highest BCUT2D eigenvalue weighted by Gasteiger charge is 2.37. The number of imide groups is 1. The smallest absolute Gasteiger partial charge is 0.266 e. The van der Waals surface area contributed by atoms with Gasteiger partial charge in [0.1, 0.15) is 5.75 Å². The lowest BCUT2D eigenvalue weighted by Gasteiger charge is -2.19. The predicted molar refractivity (Wildman–Crippen MR) is 93.8 cm³/mol. The van der Waals surface area contributed by atoms with Crippen LogP contribution in [0.5, 0.6) is 5.75 Å². The van der Waals surface area contributed by atoms with Crippen molar-refractivity contribution in [1.82, 2.24) is 4.98 Å². The first-order valence-corrected chi connectivity index (χ1v) is 7.78. The molecule has 2 heterocycles. The molecule has 0 aliphatic carbocycles. The molecule has 0 radical (unpaired) electrons. The summed E-state index contributed by atoms with van der Waals surface area (Å²) in [6.07, 6.45) is 1.67. The first-order valence-electron chi connectivity index (χ1n) is 7.78. The maximum Gasteiger partial charge on any atom is 0.266 e. The number of methoxy groups -OCH3 is 1. The van der Waals surface area contributed by atoms with Crippen LogP contribution in [-0.4, -0.2) is 23.9 Å². The van der Waals surface area contributed by atoms with E-state index in [-0.39, 0.29) is 11.8 Å². The molecule has 1 aliphatic heterocycles. The van der Waals surface area contributed by atoms with Crippen LogP contribution < -0.4 is 9.64 Å². The fourth-order valence-corrected chi connectivity index (χ4v) is 2.97. The molecule has 5 heteroatoms. The number of amides is 2. The Hall–Kier alpha value is -3.47. The molecule has 5 nitrogen and oxygen atoms in total. The molecule has 25 heavy (non-hydrogen) atoms. The van der Waals surface area contributed by atoms with Gasteiger partial charge in [-0.05, 0) is 36.4 Å². The molecule has 0 bridgehead atoms. The van der Waals surface area contributed by atoms with Crippen molar-refractivity contribution in [3.8, 4) is 17.0 Å². The van der Waals surface area contributed by atoms with E-state index in [1.807, 2.05) is 18.2 Å². The Morgan fingerprint density at radius 3 is 2.12 bits per heavy atom. The van der Waals surface area contributed by atoms with E-state index in [9.17, 15) is 9.59 Å². The highest BCUT2D eigenvalue weighted by atomic mass is 16.5. The summed E-state index contributed by atoms with van der Waals surface area (Å²) in [6, 6.07) is 17.6. The molecule has 1 aromatic heterocycles. The monoisotopic (exact) mass is 330 g/mol. The molecule has 0 spiro atoms. The van der Waals surface area contributed by atoms with Crippen LogP contribution in [0.25, 0.3) is 11.3 Å². The third-order valence-electron chi connectivity index (χ3n) is 4.18. The van der Waals surface area contributed by atoms with E-state index >= 15 is 0 Å². The summed E-state index contributed by atoms with van der Waals surface area (Å²) in [7, 11) is 1.54. The van der Waals surface area contributed by atoms with Gasteiger partial charge >= 0.3 is 0 Å². The summed E-state index contributed by atoms with van der Waals surface area (Å²) in [5.74, 6) is -0.122.